The average Bonchev–Trinajstić information content (AvgIpc) is 2.91. The van der Waals surface area contributed by atoms with Crippen LogP contribution in [0.3, 0.4) is 0 Å². The van der Waals surface area contributed by atoms with E-state index in [9.17, 15) is 4.79 Å². The van der Waals surface area contributed by atoms with E-state index in [2.05, 4.69) is 20.3 Å². The van der Waals surface area contributed by atoms with Gasteiger partial charge in [0.1, 0.15) is 11.6 Å². The highest BCUT2D eigenvalue weighted by Gasteiger charge is 2.25. The number of nitrogens with one attached hydrogen (secondary N) is 1. The number of fused-ring (bicyclic) bond motifs is 1. The second-order valence-electron chi connectivity index (χ2n) is 5.95. The van der Waals surface area contributed by atoms with Gasteiger partial charge in [0.2, 0.25) is 0 Å². The largest absolute Gasteiger partial charge is 0.334 e. The summed E-state index contributed by atoms with van der Waals surface area (Å²) in [6, 6.07) is 6.06. The van der Waals surface area contributed by atoms with Crippen LogP contribution in [-0.4, -0.2) is 38.4 Å². The summed E-state index contributed by atoms with van der Waals surface area (Å²) in [6.07, 6.45) is 5.70. The SMILES string of the molecule is Cn1cncc1-c1ccc2cnc(CC(=O)C3CNC3)nc2c1. The fourth-order valence-corrected chi connectivity index (χ4v) is 2.76. The van der Waals surface area contributed by atoms with Crippen molar-refractivity contribution in [2.45, 2.75) is 6.42 Å². The van der Waals surface area contributed by atoms with E-state index in [0.717, 1.165) is 35.2 Å². The van der Waals surface area contributed by atoms with E-state index in [1.807, 2.05) is 36.0 Å². The second-order valence-corrected chi connectivity index (χ2v) is 5.95. The molecular weight excluding hydrogens is 290 g/mol. The molecule has 4 rings (SSSR count). The van der Waals surface area contributed by atoms with Gasteiger partial charge in [-0.1, -0.05) is 12.1 Å². The first-order chi connectivity index (χ1) is 11.2. The van der Waals surface area contributed by atoms with Gasteiger partial charge in [0, 0.05) is 43.2 Å². The van der Waals surface area contributed by atoms with Crippen LogP contribution in [0, 0.1) is 5.92 Å². The summed E-state index contributed by atoms with van der Waals surface area (Å²) in [7, 11) is 1.96. The quantitative estimate of drug-likeness (QED) is 0.788. The van der Waals surface area contributed by atoms with E-state index in [1.54, 1.807) is 12.5 Å². The van der Waals surface area contributed by atoms with Crippen molar-refractivity contribution in [3.8, 4) is 11.3 Å². The normalized spacial score (nSPS) is 14.8. The number of benzene rings is 1. The molecule has 3 aromatic rings. The van der Waals surface area contributed by atoms with E-state index in [4.69, 9.17) is 0 Å². The van der Waals surface area contributed by atoms with Crippen LogP contribution in [0.4, 0.5) is 0 Å². The Labute approximate surface area is 133 Å². The molecule has 1 saturated heterocycles. The van der Waals surface area contributed by atoms with Crippen LogP contribution < -0.4 is 5.32 Å². The minimum atomic E-state index is 0.120. The van der Waals surface area contributed by atoms with Crippen LogP contribution in [0.15, 0.2) is 36.9 Å². The molecule has 0 aliphatic carbocycles. The number of rotatable bonds is 4. The van der Waals surface area contributed by atoms with Gasteiger partial charge in [-0.2, -0.15) is 0 Å². The lowest BCUT2D eigenvalue weighted by atomic mass is 9.96. The fraction of sp³-hybridized carbons (Fsp3) is 0.294. The van der Waals surface area contributed by atoms with E-state index < -0.39 is 0 Å². The molecule has 3 heterocycles. The van der Waals surface area contributed by atoms with Gasteiger partial charge in [0.25, 0.3) is 0 Å². The molecule has 116 valence electrons. The van der Waals surface area contributed by atoms with Gasteiger partial charge < -0.3 is 9.88 Å². The topological polar surface area (TPSA) is 72.7 Å². The lowest BCUT2D eigenvalue weighted by Crippen LogP contribution is -2.47. The Hall–Kier alpha value is -2.60. The van der Waals surface area contributed by atoms with Gasteiger partial charge in [-0.25, -0.2) is 15.0 Å². The predicted octanol–water partition coefficient (Wildman–Crippen LogP) is 1.36. The molecule has 23 heavy (non-hydrogen) atoms. The van der Waals surface area contributed by atoms with E-state index in [1.165, 1.54) is 0 Å². The molecule has 1 aromatic carbocycles. The molecule has 0 atom stereocenters. The molecule has 2 aromatic heterocycles. The van der Waals surface area contributed by atoms with Crippen LogP contribution in [0.25, 0.3) is 22.2 Å². The molecule has 1 aliphatic rings. The Balaban J connectivity index is 1.66. The van der Waals surface area contributed by atoms with Gasteiger partial charge >= 0.3 is 0 Å². The molecule has 6 nitrogen and oxygen atoms in total. The van der Waals surface area contributed by atoms with Crippen molar-refractivity contribution in [2.24, 2.45) is 13.0 Å². The summed E-state index contributed by atoms with van der Waals surface area (Å²) >= 11 is 0. The van der Waals surface area contributed by atoms with Crippen molar-refractivity contribution >= 4 is 16.7 Å². The number of Topliss-reactive ketones (excluding diaryl/α,β-unsaturated/α-hetero) is 1. The summed E-state index contributed by atoms with van der Waals surface area (Å²) in [5.74, 6) is 0.928. The molecule has 0 bridgehead atoms. The Morgan fingerprint density at radius 2 is 2.22 bits per heavy atom. The van der Waals surface area contributed by atoms with Gasteiger partial charge in [-0.15, -0.1) is 0 Å². The maximum absolute atomic E-state index is 12.1. The second kappa shape index (κ2) is 5.55. The molecule has 0 unspecified atom stereocenters. The zero-order valence-electron chi connectivity index (χ0n) is 12.9. The smallest absolute Gasteiger partial charge is 0.146 e. The first-order valence-electron chi connectivity index (χ1n) is 7.66. The molecule has 1 fully saturated rings. The summed E-state index contributed by atoms with van der Waals surface area (Å²) in [5, 5.41) is 4.09. The number of aryl methyl sites for hydroxylation is 1. The van der Waals surface area contributed by atoms with Crippen molar-refractivity contribution in [3.63, 3.8) is 0 Å². The number of aromatic nitrogens is 4. The Morgan fingerprint density at radius 1 is 1.35 bits per heavy atom. The van der Waals surface area contributed by atoms with E-state index >= 15 is 0 Å². The third-order valence-corrected chi connectivity index (χ3v) is 4.31. The van der Waals surface area contributed by atoms with Crippen LogP contribution >= 0.6 is 0 Å². The number of hydrogen-bond acceptors (Lipinski definition) is 5. The van der Waals surface area contributed by atoms with E-state index in [-0.39, 0.29) is 11.7 Å². The lowest BCUT2D eigenvalue weighted by Gasteiger charge is -2.25. The number of carbonyl (C=O) groups is 1. The first-order valence-corrected chi connectivity index (χ1v) is 7.66. The fourth-order valence-electron chi connectivity index (χ4n) is 2.76. The minimum Gasteiger partial charge on any atom is -0.334 e. The maximum atomic E-state index is 12.1. The highest BCUT2D eigenvalue weighted by Crippen LogP contribution is 2.22. The zero-order valence-corrected chi connectivity index (χ0v) is 12.9. The first kappa shape index (κ1) is 14.0. The molecule has 0 radical (unpaired) electrons. The van der Waals surface area contributed by atoms with Crippen molar-refractivity contribution in [1.82, 2.24) is 24.8 Å². The van der Waals surface area contributed by atoms with E-state index in [0.29, 0.717) is 12.2 Å². The summed E-state index contributed by atoms with van der Waals surface area (Å²) in [6.45, 7) is 1.55. The predicted molar refractivity (Wildman–Crippen MR) is 86.8 cm³/mol. The summed E-state index contributed by atoms with van der Waals surface area (Å²) in [4.78, 5) is 25.1. The Bertz CT molecular complexity index is 882. The van der Waals surface area contributed by atoms with Crippen molar-refractivity contribution in [2.75, 3.05) is 13.1 Å². The maximum Gasteiger partial charge on any atom is 0.146 e. The molecule has 0 saturated carbocycles. The number of nitrogens with zero attached hydrogens (tertiary/aromatic N) is 4. The molecule has 1 N–H and O–H groups in total. The minimum absolute atomic E-state index is 0.120. The zero-order chi connectivity index (χ0) is 15.8. The van der Waals surface area contributed by atoms with Crippen LogP contribution in [0.5, 0.6) is 0 Å². The van der Waals surface area contributed by atoms with Crippen molar-refractivity contribution in [3.05, 3.63) is 42.7 Å². The number of imidazole rings is 1. The van der Waals surface area contributed by atoms with Gasteiger partial charge in [0.05, 0.1) is 30.2 Å². The molecule has 0 amide bonds. The molecule has 1 aliphatic heterocycles. The van der Waals surface area contributed by atoms with Gasteiger partial charge in [-0.05, 0) is 6.07 Å². The standard InChI is InChI=1S/C17H17N5O/c1-22-10-19-9-15(22)11-2-3-12-8-20-17(21-14(12)4-11)5-16(23)13-6-18-7-13/h2-4,8-10,13,18H,5-7H2,1H3. The third kappa shape index (κ3) is 2.61. The highest BCUT2D eigenvalue weighted by atomic mass is 16.1. The average molecular weight is 307 g/mol. The molecule has 0 spiro atoms. The summed E-state index contributed by atoms with van der Waals surface area (Å²) in [5.41, 5.74) is 2.94. The lowest BCUT2D eigenvalue weighted by molar-refractivity contribution is -0.123. The molecule has 6 heteroatoms. The number of hydrogen-bond donors (Lipinski definition) is 1. The van der Waals surface area contributed by atoms with Gasteiger partial charge in [-0.3, -0.25) is 4.79 Å². The Morgan fingerprint density at radius 3 is 2.91 bits per heavy atom. The third-order valence-electron chi connectivity index (χ3n) is 4.31. The number of ketones is 1. The van der Waals surface area contributed by atoms with Crippen molar-refractivity contribution in [1.29, 1.82) is 0 Å². The van der Waals surface area contributed by atoms with Gasteiger partial charge in [0.15, 0.2) is 0 Å². The van der Waals surface area contributed by atoms with Crippen LogP contribution in [0.1, 0.15) is 5.82 Å². The van der Waals surface area contributed by atoms with Crippen LogP contribution in [0.2, 0.25) is 0 Å². The van der Waals surface area contributed by atoms with Crippen LogP contribution in [-0.2, 0) is 18.3 Å². The molecular formula is C17H17N5O. The summed E-state index contributed by atoms with van der Waals surface area (Å²) < 4.78 is 1.97. The van der Waals surface area contributed by atoms with Crippen molar-refractivity contribution < 1.29 is 4.79 Å². The highest BCUT2D eigenvalue weighted by molar-refractivity contribution is 5.86. The number of carbonyl (C=O) groups excluding carboxylic acids is 1. The monoisotopic (exact) mass is 307 g/mol. The Kier molecular flexibility index (Phi) is 3.38.